The van der Waals surface area contributed by atoms with Crippen LogP contribution in [-0.2, 0) is 4.74 Å². The van der Waals surface area contributed by atoms with Crippen molar-refractivity contribution >= 4 is 5.97 Å². The molecule has 0 bridgehead atoms. The third kappa shape index (κ3) is 4.13. The van der Waals surface area contributed by atoms with Crippen LogP contribution in [0.25, 0.3) is 0 Å². The summed E-state index contributed by atoms with van der Waals surface area (Å²) in [5, 5.41) is 18.1. The summed E-state index contributed by atoms with van der Waals surface area (Å²) in [6, 6.07) is 6.72. The zero-order valence-corrected chi connectivity index (χ0v) is 11.0. The first-order valence-corrected chi connectivity index (χ1v) is 5.92. The summed E-state index contributed by atoms with van der Waals surface area (Å²) in [4.78, 5) is 11.8. The van der Waals surface area contributed by atoms with Crippen molar-refractivity contribution in [1.82, 2.24) is 0 Å². The van der Waals surface area contributed by atoms with Gasteiger partial charge in [0.05, 0.1) is 18.8 Å². The highest BCUT2D eigenvalue weighted by atomic mass is 16.6. The normalized spacial score (nSPS) is 11.7. The first-order valence-electron chi connectivity index (χ1n) is 5.92. The Labute approximate surface area is 107 Å². The predicted molar refractivity (Wildman–Crippen MR) is 68.5 cm³/mol. The molecule has 0 unspecified atom stereocenters. The molecule has 4 heteroatoms. The molecule has 1 aromatic carbocycles. The smallest absolute Gasteiger partial charge is 0.338 e. The van der Waals surface area contributed by atoms with Crippen molar-refractivity contribution in [3.63, 3.8) is 0 Å². The molecule has 0 aliphatic carbocycles. The van der Waals surface area contributed by atoms with Crippen LogP contribution in [0.1, 0.15) is 42.6 Å². The molecule has 18 heavy (non-hydrogen) atoms. The van der Waals surface area contributed by atoms with Gasteiger partial charge in [-0.1, -0.05) is 12.1 Å². The Hall–Kier alpha value is -1.39. The lowest BCUT2D eigenvalue weighted by Gasteiger charge is -2.19. The van der Waals surface area contributed by atoms with E-state index < -0.39 is 5.60 Å². The summed E-state index contributed by atoms with van der Waals surface area (Å²) in [6.45, 7) is 5.19. The third-order valence-corrected chi connectivity index (χ3v) is 2.46. The minimum atomic E-state index is -0.519. The van der Waals surface area contributed by atoms with Gasteiger partial charge in [-0.25, -0.2) is 4.79 Å². The van der Waals surface area contributed by atoms with Crippen LogP contribution in [0.3, 0.4) is 0 Å². The van der Waals surface area contributed by atoms with Gasteiger partial charge in [-0.05, 0) is 38.5 Å². The van der Waals surface area contributed by atoms with Gasteiger partial charge in [0.1, 0.15) is 5.60 Å². The lowest BCUT2D eigenvalue weighted by Crippen LogP contribution is -2.23. The first kappa shape index (κ1) is 14.7. The second-order valence-electron chi connectivity index (χ2n) is 5.19. The van der Waals surface area contributed by atoms with Gasteiger partial charge in [0, 0.05) is 5.92 Å². The Morgan fingerprint density at radius 3 is 2.06 bits per heavy atom. The van der Waals surface area contributed by atoms with E-state index in [2.05, 4.69) is 0 Å². The van der Waals surface area contributed by atoms with Crippen molar-refractivity contribution in [2.45, 2.75) is 32.3 Å². The van der Waals surface area contributed by atoms with Crippen LogP contribution in [0.2, 0.25) is 0 Å². The van der Waals surface area contributed by atoms with E-state index >= 15 is 0 Å². The second-order valence-corrected chi connectivity index (χ2v) is 5.19. The second kappa shape index (κ2) is 5.98. The van der Waals surface area contributed by atoms with Crippen molar-refractivity contribution < 1.29 is 19.7 Å². The quantitative estimate of drug-likeness (QED) is 0.801. The molecule has 1 aromatic rings. The number of ether oxygens (including phenoxy) is 1. The van der Waals surface area contributed by atoms with Gasteiger partial charge in [-0.3, -0.25) is 0 Å². The molecule has 100 valence electrons. The minimum Gasteiger partial charge on any atom is -0.456 e. The van der Waals surface area contributed by atoms with E-state index in [1.807, 2.05) is 20.8 Å². The molecule has 0 saturated carbocycles. The van der Waals surface area contributed by atoms with Gasteiger partial charge >= 0.3 is 5.97 Å². The van der Waals surface area contributed by atoms with Crippen LogP contribution in [0.5, 0.6) is 0 Å². The highest BCUT2D eigenvalue weighted by Crippen LogP contribution is 2.17. The number of aliphatic hydroxyl groups excluding tert-OH is 2. The molecular formula is C14H20O4. The average Bonchev–Trinajstić information content (AvgIpc) is 2.29. The molecule has 0 atom stereocenters. The van der Waals surface area contributed by atoms with Crippen molar-refractivity contribution in [2.24, 2.45) is 0 Å². The van der Waals surface area contributed by atoms with Crippen LogP contribution >= 0.6 is 0 Å². The Morgan fingerprint density at radius 1 is 1.17 bits per heavy atom. The SMILES string of the molecule is CC(C)(C)OC(=O)c1ccc(C(CO)CO)cc1. The van der Waals surface area contributed by atoms with Crippen molar-refractivity contribution in [2.75, 3.05) is 13.2 Å². The van der Waals surface area contributed by atoms with Gasteiger partial charge in [-0.2, -0.15) is 0 Å². The summed E-state index contributed by atoms with van der Waals surface area (Å²) >= 11 is 0. The maximum absolute atomic E-state index is 11.8. The number of esters is 1. The van der Waals surface area contributed by atoms with E-state index in [1.165, 1.54) is 0 Å². The lowest BCUT2D eigenvalue weighted by atomic mass is 9.99. The van der Waals surface area contributed by atoms with Gasteiger partial charge in [0.15, 0.2) is 0 Å². The van der Waals surface area contributed by atoms with E-state index in [4.69, 9.17) is 14.9 Å². The molecule has 0 radical (unpaired) electrons. The topological polar surface area (TPSA) is 66.8 Å². The zero-order valence-electron chi connectivity index (χ0n) is 11.0. The molecule has 0 aliphatic heterocycles. The van der Waals surface area contributed by atoms with Gasteiger partial charge in [0.25, 0.3) is 0 Å². The Balaban J connectivity index is 2.79. The molecule has 1 rings (SSSR count). The summed E-state index contributed by atoms with van der Waals surface area (Å²) in [7, 11) is 0. The van der Waals surface area contributed by atoms with Crippen molar-refractivity contribution in [3.05, 3.63) is 35.4 Å². The maximum atomic E-state index is 11.8. The molecule has 0 heterocycles. The Kier molecular flexibility index (Phi) is 4.87. The number of carbonyl (C=O) groups is 1. The number of benzene rings is 1. The highest BCUT2D eigenvalue weighted by molar-refractivity contribution is 5.89. The standard InChI is InChI=1S/C14H20O4/c1-14(2,3)18-13(17)11-6-4-10(5-7-11)12(8-15)9-16/h4-7,12,15-16H,8-9H2,1-3H3. The fraction of sp³-hybridized carbons (Fsp3) is 0.500. The lowest BCUT2D eigenvalue weighted by molar-refractivity contribution is 0.00695. The number of aliphatic hydroxyl groups is 2. The zero-order chi connectivity index (χ0) is 13.8. The summed E-state index contributed by atoms with van der Waals surface area (Å²) in [5.74, 6) is -0.684. The summed E-state index contributed by atoms with van der Waals surface area (Å²) in [5.41, 5.74) is 0.740. The first-order chi connectivity index (χ1) is 8.37. The minimum absolute atomic E-state index is 0.123. The number of hydrogen-bond donors (Lipinski definition) is 2. The van der Waals surface area contributed by atoms with Gasteiger partial charge in [-0.15, -0.1) is 0 Å². The molecule has 0 saturated heterocycles. The Morgan fingerprint density at radius 2 is 1.67 bits per heavy atom. The third-order valence-electron chi connectivity index (χ3n) is 2.46. The summed E-state index contributed by atoms with van der Waals surface area (Å²) < 4.78 is 5.24. The largest absolute Gasteiger partial charge is 0.456 e. The van der Waals surface area contributed by atoms with E-state index in [0.717, 1.165) is 5.56 Å². The Bertz CT molecular complexity index is 385. The van der Waals surface area contributed by atoms with Crippen LogP contribution in [0.15, 0.2) is 24.3 Å². The number of carbonyl (C=O) groups excluding carboxylic acids is 1. The van der Waals surface area contributed by atoms with Gasteiger partial charge < -0.3 is 14.9 Å². The molecule has 0 aliphatic rings. The monoisotopic (exact) mass is 252 g/mol. The van der Waals surface area contributed by atoms with E-state index in [-0.39, 0.29) is 25.1 Å². The highest BCUT2D eigenvalue weighted by Gasteiger charge is 2.18. The van der Waals surface area contributed by atoms with Crippen molar-refractivity contribution in [3.8, 4) is 0 Å². The van der Waals surface area contributed by atoms with Crippen LogP contribution in [0.4, 0.5) is 0 Å². The molecular weight excluding hydrogens is 232 g/mol. The van der Waals surface area contributed by atoms with Crippen molar-refractivity contribution in [1.29, 1.82) is 0 Å². The van der Waals surface area contributed by atoms with E-state index in [9.17, 15) is 4.79 Å². The number of hydrogen-bond acceptors (Lipinski definition) is 4. The van der Waals surface area contributed by atoms with E-state index in [1.54, 1.807) is 24.3 Å². The molecule has 0 aromatic heterocycles. The predicted octanol–water partition coefficient (Wildman–Crippen LogP) is 1.71. The van der Waals surface area contributed by atoms with Gasteiger partial charge in [0.2, 0.25) is 0 Å². The maximum Gasteiger partial charge on any atom is 0.338 e. The van der Waals surface area contributed by atoms with Crippen LogP contribution in [0, 0.1) is 0 Å². The molecule has 0 amide bonds. The fourth-order valence-electron chi connectivity index (χ4n) is 1.50. The van der Waals surface area contributed by atoms with E-state index in [0.29, 0.717) is 5.56 Å². The van der Waals surface area contributed by atoms with Crippen LogP contribution in [-0.4, -0.2) is 35.0 Å². The molecule has 2 N–H and O–H groups in total. The average molecular weight is 252 g/mol. The summed E-state index contributed by atoms with van der Waals surface area (Å²) in [6.07, 6.45) is 0. The molecule has 0 fully saturated rings. The fourth-order valence-corrected chi connectivity index (χ4v) is 1.50. The number of rotatable bonds is 4. The molecule has 4 nitrogen and oxygen atoms in total. The van der Waals surface area contributed by atoms with Crippen LogP contribution < -0.4 is 0 Å². The molecule has 0 spiro atoms.